The monoisotopic (exact) mass is 333 g/mol. The SMILES string of the molecule is COc1ccccc1C(=O)Nc1nc2nc(C)c(Cl)c(=O)n2[nH]1. The van der Waals surface area contributed by atoms with E-state index in [1.807, 2.05) is 0 Å². The average Bonchev–Trinajstić information content (AvgIpc) is 2.95. The van der Waals surface area contributed by atoms with Gasteiger partial charge in [-0.15, -0.1) is 0 Å². The van der Waals surface area contributed by atoms with Crippen molar-refractivity contribution in [3.63, 3.8) is 0 Å². The second-order valence-corrected chi connectivity index (χ2v) is 5.06. The van der Waals surface area contributed by atoms with Crippen LogP contribution in [0.15, 0.2) is 29.1 Å². The zero-order valence-corrected chi connectivity index (χ0v) is 13.0. The number of nitrogens with zero attached hydrogens (tertiary/aromatic N) is 3. The summed E-state index contributed by atoms with van der Waals surface area (Å²) >= 11 is 5.86. The molecule has 23 heavy (non-hydrogen) atoms. The maximum atomic E-state index is 12.3. The zero-order chi connectivity index (χ0) is 16.6. The number of aryl methyl sites for hydroxylation is 1. The van der Waals surface area contributed by atoms with E-state index in [4.69, 9.17) is 16.3 Å². The van der Waals surface area contributed by atoms with E-state index in [1.54, 1.807) is 31.2 Å². The van der Waals surface area contributed by atoms with Crippen molar-refractivity contribution in [1.29, 1.82) is 0 Å². The van der Waals surface area contributed by atoms with Crippen LogP contribution in [0.2, 0.25) is 5.02 Å². The second kappa shape index (κ2) is 5.73. The number of halogens is 1. The van der Waals surface area contributed by atoms with Crippen LogP contribution in [0.3, 0.4) is 0 Å². The van der Waals surface area contributed by atoms with Gasteiger partial charge in [-0.3, -0.25) is 20.0 Å². The predicted octanol–water partition coefficient (Wildman–Crippen LogP) is 1.64. The number of rotatable bonds is 3. The molecular weight excluding hydrogens is 322 g/mol. The zero-order valence-electron chi connectivity index (χ0n) is 12.3. The Morgan fingerprint density at radius 2 is 2.09 bits per heavy atom. The molecule has 0 spiro atoms. The molecule has 0 aliphatic heterocycles. The minimum atomic E-state index is -0.487. The number of carbonyl (C=O) groups excluding carboxylic acids is 1. The number of methoxy groups -OCH3 is 1. The van der Waals surface area contributed by atoms with Crippen molar-refractivity contribution in [2.45, 2.75) is 6.92 Å². The van der Waals surface area contributed by atoms with Crippen molar-refractivity contribution in [1.82, 2.24) is 19.6 Å². The van der Waals surface area contributed by atoms with E-state index in [9.17, 15) is 9.59 Å². The number of aromatic nitrogens is 4. The van der Waals surface area contributed by atoms with E-state index >= 15 is 0 Å². The van der Waals surface area contributed by atoms with Crippen LogP contribution in [0, 0.1) is 6.92 Å². The van der Waals surface area contributed by atoms with Crippen LogP contribution in [-0.4, -0.2) is 32.6 Å². The van der Waals surface area contributed by atoms with E-state index < -0.39 is 11.5 Å². The number of amides is 1. The number of carbonyl (C=O) groups is 1. The summed E-state index contributed by atoms with van der Waals surface area (Å²) in [5, 5.41) is 5.20. The molecule has 0 atom stereocenters. The van der Waals surface area contributed by atoms with Gasteiger partial charge in [0.15, 0.2) is 0 Å². The molecule has 0 bridgehead atoms. The van der Waals surface area contributed by atoms with E-state index in [1.165, 1.54) is 7.11 Å². The Balaban J connectivity index is 1.97. The Labute approximate surface area is 135 Å². The molecule has 118 valence electrons. The number of fused-ring (bicyclic) bond motifs is 1. The highest BCUT2D eigenvalue weighted by Crippen LogP contribution is 2.18. The molecule has 8 nitrogen and oxygen atoms in total. The van der Waals surface area contributed by atoms with Crippen molar-refractivity contribution >= 4 is 29.2 Å². The Morgan fingerprint density at radius 1 is 1.35 bits per heavy atom. The first-order valence-corrected chi connectivity index (χ1v) is 6.98. The van der Waals surface area contributed by atoms with Gasteiger partial charge in [0.25, 0.3) is 17.2 Å². The minimum Gasteiger partial charge on any atom is -0.496 e. The fourth-order valence-corrected chi connectivity index (χ4v) is 2.19. The van der Waals surface area contributed by atoms with Crippen LogP contribution >= 0.6 is 11.6 Å². The van der Waals surface area contributed by atoms with Gasteiger partial charge in [-0.25, -0.2) is 4.98 Å². The second-order valence-electron chi connectivity index (χ2n) is 4.68. The third kappa shape index (κ3) is 2.64. The quantitative estimate of drug-likeness (QED) is 0.758. The summed E-state index contributed by atoms with van der Waals surface area (Å²) in [4.78, 5) is 32.5. The number of para-hydroxylation sites is 1. The molecule has 0 unspecified atom stereocenters. The molecule has 2 aromatic heterocycles. The molecule has 1 aromatic carbocycles. The summed E-state index contributed by atoms with van der Waals surface area (Å²) in [6.45, 7) is 1.60. The van der Waals surface area contributed by atoms with E-state index in [0.717, 1.165) is 4.52 Å². The van der Waals surface area contributed by atoms with Crippen LogP contribution in [0.4, 0.5) is 5.95 Å². The lowest BCUT2D eigenvalue weighted by molar-refractivity contribution is 0.102. The number of H-pyrrole nitrogens is 1. The van der Waals surface area contributed by atoms with E-state index in [-0.39, 0.29) is 16.7 Å². The smallest absolute Gasteiger partial charge is 0.293 e. The summed E-state index contributed by atoms with van der Waals surface area (Å²) in [5.74, 6) is 0.187. The van der Waals surface area contributed by atoms with Crippen molar-refractivity contribution < 1.29 is 9.53 Å². The maximum Gasteiger partial charge on any atom is 0.293 e. The van der Waals surface area contributed by atoms with Gasteiger partial charge in [0.1, 0.15) is 10.8 Å². The number of aromatic amines is 1. The number of benzene rings is 1. The van der Waals surface area contributed by atoms with Crippen LogP contribution in [0.5, 0.6) is 5.75 Å². The molecule has 2 N–H and O–H groups in total. The van der Waals surface area contributed by atoms with Gasteiger partial charge in [-0.2, -0.15) is 9.50 Å². The fraction of sp³-hybridized carbons (Fsp3) is 0.143. The van der Waals surface area contributed by atoms with Gasteiger partial charge in [-0.1, -0.05) is 23.7 Å². The summed E-state index contributed by atoms with van der Waals surface area (Å²) in [5.41, 5.74) is 0.218. The summed E-state index contributed by atoms with van der Waals surface area (Å²) in [7, 11) is 1.47. The standard InChI is InChI=1S/C14H12ClN5O3/c1-7-10(15)12(22)20-14(16-7)18-13(19-20)17-11(21)8-5-3-4-6-9(8)23-2/h3-6H,1-2H3,(H2,16,17,18,19,21). The number of ether oxygens (including phenoxy) is 1. The molecule has 0 saturated heterocycles. The third-order valence-electron chi connectivity index (χ3n) is 3.19. The summed E-state index contributed by atoms with van der Waals surface area (Å²) in [6.07, 6.45) is 0. The predicted molar refractivity (Wildman–Crippen MR) is 84.3 cm³/mol. The maximum absolute atomic E-state index is 12.3. The highest BCUT2D eigenvalue weighted by atomic mass is 35.5. The molecule has 2 heterocycles. The number of hydrogen-bond acceptors (Lipinski definition) is 5. The fourth-order valence-electron chi connectivity index (χ4n) is 2.06. The third-order valence-corrected chi connectivity index (χ3v) is 3.62. The van der Waals surface area contributed by atoms with Gasteiger partial charge in [0.2, 0.25) is 5.95 Å². The molecule has 3 rings (SSSR count). The lowest BCUT2D eigenvalue weighted by atomic mass is 10.2. The first-order valence-electron chi connectivity index (χ1n) is 6.60. The van der Waals surface area contributed by atoms with Gasteiger partial charge >= 0.3 is 0 Å². The summed E-state index contributed by atoms with van der Waals surface area (Å²) < 4.78 is 6.20. The Hall–Kier alpha value is -2.87. The van der Waals surface area contributed by atoms with Gasteiger partial charge < -0.3 is 4.74 Å². The Bertz CT molecular complexity index is 963. The van der Waals surface area contributed by atoms with Crippen molar-refractivity contribution in [3.8, 4) is 5.75 Å². The van der Waals surface area contributed by atoms with Crippen molar-refractivity contribution in [3.05, 3.63) is 50.9 Å². The van der Waals surface area contributed by atoms with Crippen LogP contribution < -0.4 is 15.6 Å². The lowest BCUT2D eigenvalue weighted by Crippen LogP contribution is -2.18. The summed E-state index contributed by atoms with van der Waals surface area (Å²) in [6, 6.07) is 6.75. The number of nitrogens with one attached hydrogen (secondary N) is 2. The molecular formula is C14H12ClN5O3. The van der Waals surface area contributed by atoms with E-state index in [2.05, 4.69) is 20.4 Å². The molecule has 0 fully saturated rings. The Kier molecular flexibility index (Phi) is 3.75. The molecule has 1 amide bonds. The van der Waals surface area contributed by atoms with Crippen LogP contribution in [-0.2, 0) is 0 Å². The molecule has 0 saturated carbocycles. The molecule has 9 heteroatoms. The highest BCUT2D eigenvalue weighted by molar-refractivity contribution is 6.31. The first kappa shape index (κ1) is 15.0. The normalized spacial score (nSPS) is 10.7. The molecule has 0 aliphatic carbocycles. The lowest BCUT2D eigenvalue weighted by Gasteiger charge is -2.06. The van der Waals surface area contributed by atoms with E-state index in [0.29, 0.717) is 17.0 Å². The van der Waals surface area contributed by atoms with Crippen molar-refractivity contribution in [2.24, 2.45) is 0 Å². The largest absolute Gasteiger partial charge is 0.496 e. The van der Waals surface area contributed by atoms with Crippen LogP contribution in [0.1, 0.15) is 16.1 Å². The number of hydrogen-bond donors (Lipinski definition) is 2. The van der Waals surface area contributed by atoms with Gasteiger partial charge in [0.05, 0.1) is 18.4 Å². The van der Waals surface area contributed by atoms with Crippen LogP contribution in [0.25, 0.3) is 5.78 Å². The molecule has 3 aromatic rings. The first-order chi connectivity index (χ1) is 11.0. The molecule has 0 aliphatic rings. The minimum absolute atomic E-state index is 0.00578. The Morgan fingerprint density at radius 3 is 2.83 bits per heavy atom. The number of anilines is 1. The highest BCUT2D eigenvalue weighted by Gasteiger charge is 2.16. The van der Waals surface area contributed by atoms with Gasteiger partial charge in [0, 0.05) is 0 Å². The average molecular weight is 334 g/mol. The molecule has 0 radical (unpaired) electrons. The van der Waals surface area contributed by atoms with Gasteiger partial charge in [-0.05, 0) is 19.1 Å². The topological polar surface area (TPSA) is 101 Å². The van der Waals surface area contributed by atoms with Crippen molar-refractivity contribution in [2.75, 3.05) is 12.4 Å².